The van der Waals surface area contributed by atoms with Crippen molar-refractivity contribution in [1.82, 2.24) is 0 Å². The summed E-state index contributed by atoms with van der Waals surface area (Å²) in [6.45, 7) is 10.7. The fraction of sp³-hybridized carbons (Fsp3) is 0.364. The Labute approximate surface area is 139 Å². The molecule has 0 aromatic heterocycles. The van der Waals surface area contributed by atoms with Crippen LogP contribution < -0.4 is 14.0 Å². The molecule has 0 radical (unpaired) electrons. The van der Waals surface area contributed by atoms with Crippen molar-refractivity contribution < 1.29 is 68.1 Å². The van der Waals surface area contributed by atoms with Gasteiger partial charge in [0, 0.05) is 5.57 Å². The van der Waals surface area contributed by atoms with Crippen LogP contribution in [0.4, 0.5) is 9.59 Å². The number of carbonyl (C=O) groups is 3. The molecule has 0 spiro atoms. The average molecular weight is 379 g/mol. The highest BCUT2D eigenvalue weighted by Crippen LogP contribution is 1.92. The summed E-state index contributed by atoms with van der Waals surface area (Å²) in [6, 6.07) is 0. The Bertz CT molecular complexity index is 357. The zero-order valence-electron chi connectivity index (χ0n) is 12.8. The minimum absolute atomic E-state index is 0.176. The number of cyclic esters (lactones) is 2. The van der Waals surface area contributed by atoms with Crippen molar-refractivity contribution in [1.29, 1.82) is 0 Å². The second-order valence-corrected chi connectivity index (χ2v) is 3.91. The molecule has 0 aliphatic carbocycles. The Morgan fingerprint density at radius 3 is 1.38 bits per heavy atom. The van der Waals surface area contributed by atoms with Crippen LogP contribution in [0.2, 0.25) is 0 Å². The Kier molecular flexibility index (Phi) is 23.0. The first-order valence-corrected chi connectivity index (χ1v) is 6.75. The normalized spacial score (nSPS) is 10.8. The second-order valence-electron chi connectivity index (χ2n) is 3.12. The van der Waals surface area contributed by atoms with E-state index in [1.54, 1.807) is 6.08 Å². The predicted molar refractivity (Wildman–Crippen MR) is 68.5 cm³/mol. The summed E-state index contributed by atoms with van der Waals surface area (Å²) in [4.78, 5) is 28.0. The first-order valence-electron chi connectivity index (χ1n) is 5.49. The Hall–Kier alpha value is -2.38. The van der Waals surface area contributed by atoms with E-state index in [4.69, 9.17) is 38.8 Å². The summed E-state index contributed by atoms with van der Waals surface area (Å²) < 4.78 is 41.3. The van der Waals surface area contributed by atoms with Crippen LogP contribution in [0.1, 0.15) is 13.8 Å². The van der Waals surface area contributed by atoms with Gasteiger partial charge in [-0.25, -0.2) is 14.4 Å². The van der Waals surface area contributed by atoms with Crippen molar-refractivity contribution >= 4 is 18.3 Å². The summed E-state index contributed by atoms with van der Waals surface area (Å²) >= 11 is 0. The molecular weight excluding hydrogens is 360 g/mol. The number of ether oxygens (including phenoxy) is 2. The van der Waals surface area contributed by atoms with Gasteiger partial charge in [-0.15, -0.1) is 6.58 Å². The van der Waals surface area contributed by atoms with E-state index in [9.17, 15) is 9.59 Å². The van der Waals surface area contributed by atoms with Gasteiger partial charge in [0.2, 0.25) is 0 Å². The fourth-order valence-electron chi connectivity index (χ4n) is 0.292. The van der Waals surface area contributed by atoms with E-state index in [-0.39, 0.29) is 5.57 Å². The number of allylic oxidation sites excluding steroid dienone is 1. The lowest BCUT2D eigenvalue weighted by Crippen LogP contribution is -2.58. The maximum Gasteiger partial charge on any atom is 0.508 e. The molecule has 0 aromatic carbocycles. The maximum absolute atomic E-state index is 9.80. The van der Waals surface area contributed by atoms with Crippen LogP contribution in [0.25, 0.3) is 0 Å². The monoisotopic (exact) mass is 378 g/mol. The van der Waals surface area contributed by atoms with Gasteiger partial charge in [0.15, 0.2) is 0 Å². The number of carboxylic acid groups (broad SMARTS) is 3. The molecule has 0 atom stereocenters. The molecule has 0 amide bonds. The van der Waals surface area contributed by atoms with Crippen LogP contribution in [-0.4, -0.2) is 51.5 Å². The molecule has 4 N–H and O–H groups in total. The zero-order valence-corrected chi connectivity index (χ0v) is 13.6. The summed E-state index contributed by atoms with van der Waals surface area (Å²) in [6.07, 6.45) is -0.630. The van der Waals surface area contributed by atoms with Crippen LogP contribution in [0.15, 0.2) is 24.8 Å². The number of hydrogen-bond acceptors (Lipinski definition) is 9. The SMILES string of the molecule is C=C(C)C(=O)O.C=CC.O=C(O)O.O=C1OCCO1.[O-][Cl+3]([O-])([O-])O. The molecule has 12 nitrogen and oxygen atoms in total. The van der Waals surface area contributed by atoms with Crippen LogP contribution in [0.5, 0.6) is 0 Å². The molecule has 1 fully saturated rings. The van der Waals surface area contributed by atoms with Crippen molar-refractivity contribution in [3.63, 3.8) is 0 Å². The zero-order chi connectivity index (χ0) is 20.3. The first-order chi connectivity index (χ1) is 10.7. The van der Waals surface area contributed by atoms with Gasteiger partial charge in [-0.3, -0.25) is 0 Å². The summed E-state index contributed by atoms with van der Waals surface area (Å²) in [5, 5.41) is 21.8. The first kappa shape index (κ1) is 29.6. The molecule has 1 saturated heterocycles. The smallest absolute Gasteiger partial charge is 0.478 e. The lowest BCUT2D eigenvalue weighted by Gasteiger charge is -2.03. The molecular formula is C11H19ClO12. The molecule has 1 aliphatic heterocycles. The van der Waals surface area contributed by atoms with Crippen molar-refractivity contribution in [3.05, 3.63) is 24.8 Å². The molecule has 0 saturated carbocycles. The molecule has 13 heteroatoms. The Balaban J connectivity index is -0.000000107. The molecule has 142 valence electrons. The van der Waals surface area contributed by atoms with Crippen molar-refractivity contribution in [2.45, 2.75) is 13.8 Å². The third kappa shape index (κ3) is 91.5. The van der Waals surface area contributed by atoms with Crippen LogP contribution >= 0.6 is 0 Å². The molecule has 1 aliphatic rings. The van der Waals surface area contributed by atoms with E-state index < -0.39 is 28.5 Å². The second kappa shape index (κ2) is 18.7. The largest absolute Gasteiger partial charge is 0.508 e. The number of carbonyl (C=O) groups excluding carboxylic acids is 1. The highest BCUT2D eigenvalue weighted by atomic mass is 35.7. The van der Waals surface area contributed by atoms with Crippen LogP contribution in [0.3, 0.4) is 0 Å². The summed E-state index contributed by atoms with van der Waals surface area (Å²) in [5.74, 6) is -0.935. The van der Waals surface area contributed by atoms with Gasteiger partial charge >= 0.3 is 18.3 Å². The third-order valence-corrected chi connectivity index (χ3v) is 0.888. The highest BCUT2D eigenvalue weighted by molar-refractivity contribution is 5.84. The Morgan fingerprint density at radius 1 is 1.17 bits per heavy atom. The topological polar surface area (TPSA) is 220 Å². The van der Waals surface area contributed by atoms with E-state index in [1.165, 1.54) is 6.92 Å². The number of aliphatic carboxylic acids is 1. The average Bonchev–Trinajstić information content (AvgIpc) is 2.79. The minimum Gasteiger partial charge on any atom is -0.478 e. The number of rotatable bonds is 1. The molecule has 1 heterocycles. The molecule has 0 bridgehead atoms. The predicted octanol–water partition coefficient (Wildman–Crippen LogP) is -1.91. The van der Waals surface area contributed by atoms with Gasteiger partial charge in [-0.1, -0.05) is 12.7 Å². The van der Waals surface area contributed by atoms with E-state index in [2.05, 4.69) is 22.6 Å². The van der Waals surface area contributed by atoms with Crippen LogP contribution in [-0.2, 0) is 14.3 Å². The molecule has 0 aromatic rings. The van der Waals surface area contributed by atoms with Gasteiger partial charge in [-0.05, 0) is 13.8 Å². The molecule has 24 heavy (non-hydrogen) atoms. The highest BCUT2D eigenvalue weighted by Gasteiger charge is 2.09. The maximum atomic E-state index is 9.80. The minimum atomic E-state index is -4.69. The molecule has 0 unspecified atom stereocenters. The summed E-state index contributed by atoms with van der Waals surface area (Å²) in [5.41, 5.74) is 0.176. The lowest BCUT2D eigenvalue weighted by molar-refractivity contribution is -1.92. The van der Waals surface area contributed by atoms with Gasteiger partial charge in [0.25, 0.3) is 0 Å². The van der Waals surface area contributed by atoms with E-state index in [0.717, 1.165) is 0 Å². The number of hydrogen-bond donors (Lipinski definition) is 4. The van der Waals surface area contributed by atoms with E-state index in [0.29, 0.717) is 13.2 Å². The molecule has 1 rings (SSSR count). The standard InChI is InChI=1S/C4H6O2.C3H4O3.C3H6.CH2O3.ClHO4/c1-3(2)4(5)6;4-3-5-1-2-6-3;1-3-2;2-1(3)4;2-1(3,4)5/h1H2,2H3,(H,5,6);1-2H2;3H,1H2,2H3;(H2,2,3,4);(H,2,3,4,5). The van der Waals surface area contributed by atoms with E-state index in [1.807, 2.05) is 6.92 Å². The van der Waals surface area contributed by atoms with Gasteiger partial charge in [0.1, 0.15) is 13.2 Å². The summed E-state index contributed by atoms with van der Waals surface area (Å²) in [7, 11) is -4.69. The third-order valence-electron chi connectivity index (χ3n) is 0.888. The Morgan fingerprint density at radius 2 is 1.33 bits per heavy atom. The lowest BCUT2D eigenvalue weighted by atomic mass is 10.4. The number of carboxylic acids is 1. The van der Waals surface area contributed by atoms with Crippen molar-refractivity contribution in [2.24, 2.45) is 0 Å². The van der Waals surface area contributed by atoms with Gasteiger partial charge in [-0.2, -0.15) is 14.0 Å². The van der Waals surface area contributed by atoms with E-state index >= 15 is 0 Å². The number of halogens is 1. The van der Waals surface area contributed by atoms with Gasteiger partial charge in [0.05, 0.1) is 14.9 Å². The van der Waals surface area contributed by atoms with Crippen molar-refractivity contribution in [3.8, 4) is 0 Å². The fourth-order valence-corrected chi connectivity index (χ4v) is 0.292. The van der Waals surface area contributed by atoms with Crippen LogP contribution in [0, 0.1) is 10.2 Å². The van der Waals surface area contributed by atoms with Crippen molar-refractivity contribution in [2.75, 3.05) is 13.2 Å². The quantitative estimate of drug-likeness (QED) is 0.223. The van der Waals surface area contributed by atoms with Gasteiger partial charge < -0.3 is 24.8 Å².